The highest BCUT2D eigenvalue weighted by Crippen LogP contribution is 2.38. The Balaban J connectivity index is 2.00. The summed E-state index contributed by atoms with van der Waals surface area (Å²) in [5, 5.41) is 15.8. The summed E-state index contributed by atoms with van der Waals surface area (Å²) in [7, 11) is 0. The highest BCUT2D eigenvalue weighted by atomic mass is 32.1. The van der Waals surface area contributed by atoms with Gasteiger partial charge in [-0.25, -0.2) is 9.97 Å². The Morgan fingerprint density at radius 3 is 3.00 bits per heavy atom. The molecule has 1 aliphatic carbocycles. The van der Waals surface area contributed by atoms with E-state index in [2.05, 4.69) is 15.1 Å². The van der Waals surface area contributed by atoms with Crippen molar-refractivity contribution in [2.75, 3.05) is 0 Å². The molecule has 0 saturated carbocycles. The third-order valence-corrected chi connectivity index (χ3v) is 4.82. The van der Waals surface area contributed by atoms with Crippen LogP contribution in [0.2, 0.25) is 0 Å². The van der Waals surface area contributed by atoms with E-state index in [1.807, 2.05) is 6.92 Å². The maximum Gasteiger partial charge on any atom is 0.390 e. The van der Waals surface area contributed by atoms with E-state index >= 15 is 0 Å². The highest BCUT2D eigenvalue weighted by molar-refractivity contribution is 7.19. The molecular formula is C13H11N5O2S. The van der Waals surface area contributed by atoms with E-state index in [0.717, 1.165) is 29.5 Å². The third kappa shape index (κ3) is 1.83. The fourth-order valence-electron chi connectivity index (χ4n) is 2.78. The van der Waals surface area contributed by atoms with Crippen LogP contribution in [0.25, 0.3) is 16.0 Å². The van der Waals surface area contributed by atoms with Gasteiger partial charge in [0.1, 0.15) is 10.7 Å². The molecular weight excluding hydrogens is 290 g/mol. The zero-order valence-electron chi connectivity index (χ0n) is 11.2. The maximum absolute atomic E-state index is 10.8. The molecule has 0 N–H and O–H groups in total. The zero-order chi connectivity index (χ0) is 14.6. The molecule has 7 nitrogen and oxygen atoms in total. The van der Waals surface area contributed by atoms with Crippen LogP contribution < -0.4 is 0 Å². The average molecular weight is 301 g/mol. The molecule has 0 amide bonds. The van der Waals surface area contributed by atoms with Gasteiger partial charge in [0.2, 0.25) is 0 Å². The van der Waals surface area contributed by atoms with E-state index < -0.39 is 4.92 Å². The van der Waals surface area contributed by atoms with E-state index in [0.29, 0.717) is 11.6 Å². The monoisotopic (exact) mass is 301 g/mol. The lowest BCUT2D eigenvalue weighted by Gasteiger charge is -2.02. The summed E-state index contributed by atoms with van der Waals surface area (Å²) in [6, 6.07) is 1.38. The van der Waals surface area contributed by atoms with Crippen molar-refractivity contribution in [2.45, 2.75) is 26.2 Å². The van der Waals surface area contributed by atoms with Gasteiger partial charge in [0.15, 0.2) is 5.82 Å². The van der Waals surface area contributed by atoms with Crippen molar-refractivity contribution in [2.24, 2.45) is 0 Å². The van der Waals surface area contributed by atoms with Gasteiger partial charge in [-0.1, -0.05) is 0 Å². The van der Waals surface area contributed by atoms with Crippen LogP contribution in [0.3, 0.4) is 0 Å². The first-order valence-corrected chi connectivity index (χ1v) is 7.44. The van der Waals surface area contributed by atoms with Crippen molar-refractivity contribution < 1.29 is 4.92 Å². The quantitative estimate of drug-likeness (QED) is 0.536. The summed E-state index contributed by atoms with van der Waals surface area (Å²) in [5.74, 6) is 1.12. The van der Waals surface area contributed by atoms with Gasteiger partial charge in [-0.15, -0.1) is 16.0 Å². The number of hydrogen-bond acceptors (Lipinski definition) is 6. The second-order valence-corrected chi connectivity index (χ2v) is 6.09. The molecule has 0 aromatic carbocycles. The topological polar surface area (TPSA) is 86.7 Å². The van der Waals surface area contributed by atoms with Crippen molar-refractivity contribution in [3.05, 3.63) is 38.6 Å². The fraction of sp³-hybridized carbons (Fsp3) is 0.308. The Bertz CT molecular complexity index is 882. The molecule has 1 aliphatic rings. The Morgan fingerprint density at radius 2 is 2.24 bits per heavy atom. The number of nitrogens with zero attached hydrogens (tertiary/aromatic N) is 5. The van der Waals surface area contributed by atoms with E-state index in [1.165, 1.54) is 21.2 Å². The van der Waals surface area contributed by atoms with Crippen molar-refractivity contribution in [1.29, 1.82) is 0 Å². The van der Waals surface area contributed by atoms with E-state index in [-0.39, 0.29) is 5.82 Å². The van der Waals surface area contributed by atoms with E-state index in [9.17, 15) is 10.1 Å². The minimum absolute atomic E-state index is 0.175. The first-order chi connectivity index (χ1) is 10.1. The molecule has 21 heavy (non-hydrogen) atoms. The SMILES string of the molecule is Cc1nc(-n2ccc([N+](=O)[O-])n2)c2c3c(sc2n1)CCC3. The van der Waals surface area contributed by atoms with Crippen molar-refractivity contribution in [1.82, 2.24) is 19.7 Å². The number of thiophene rings is 1. The fourth-order valence-corrected chi connectivity index (χ4v) is 4.08. The van der Waals surface area contributed by atoms with Gasteiger partial charge < -0.3 is 10.1 Å². The standard InChI is InChI=1S/C13H11N5O2S/c1-7-14-12(17-6-5-10(16-17)18(19)20)11-8-3-2-4-9(8)21-13(11)15-7/h5-6H,2-4H2,1H3. The van der Waals surface area contributed by atoms with Gasteiger partial charge in [-0.05, 0) is 36.7 Å². The van der Waals surface area contributed by atoms with Gasteiger partial charge in [-0.3, -0.25) is 0 Å². The Hall–Kier alpha value is -2.35. The molecule has 3 aromatic heterocycles. The second-order valence-electron chi connectivity index (χ2n) is 5.01. The highest BCUT2D eigenvalue weighted by Gasteiger charge is 2.24. The molecule has 8 heteroatoms. The number of aryl methyl sites for hydroxylation is 3. The molecule has 4 rings (SSSR count). The molecule has 0 saturated heterocycles. The first kappa shape index (κ1) is 12.4. The molecule has 0 bridgehead atoms. The maximum atomic E-state index is 10.8. The molecule has 3 heterocycles. The summed E-state index contributed by atoms with van der Waals surface area (Å²) in [4.78, 5) is 21.6. The lowest BCUT2D eigenvalue weighted by atomic mass is 10.2. The Labute approximate surface area is 123 Å². The average Bonchev–Trinajstić information content (AvgIpc) is 3.11. The molecule has 0 fully saturated rings. The van der Waals surface area contributed by atoms with Crippen LogP contribution in [-0.2, 0) is 12.8 Å². The Morgan fingerprint density at radius 1 is 1.38 bits per heavy atom. The molecule has 0 unspecified atom stereocenters. The van der Waals surface area contributed by atoms with Gasteiger partial charge in [0.25, 0.3) is 0 Å². The van der Waals surface area contributed by atoms with Crippen LogP contribution in [-0.4, -0.2) is 24.7 Å². The first-order valence-electron chi connectivity index (χ1n) is 6.63. The number of aromatic nitrogens is 4. The summed E-state index contributed by atoms with van der Waals surface area (Å²) < 4.78 is 1.49. The smallest absolute Gasteiger partial charge is 0.358 e. The van der Waals surface area contributed by atoms with Crippen LogP contribution >= 0.6 is 11.3 Å². The van der Waals surface area contributed by atoms with Crippen LogP contribution in [0.15, 0.2) is 12.3 Å². The van der Waals surface area contributed by atoms with Crippen molar-refractivity contribution >= 4 is 27.4 Å². The van der Waals surface area contributed by atoms with Crippen molar-refractivity contribution in [3.63, 3.8) is 0 Å². The summed E-state index contributed by atoms with van der Waals surface area (Å²) in [6.45, 7) is 1.83. The molecule has 0 spiro atoms. The predicted octanol–water partition coefficient (Wildman–Crippen LogP) is 2.58. The van der Waals surface area contributed by atoms with E-state index in [1.54, 1.807) is 17.5 Å². The number of fused-ring (bicyclic) bond motifs is 3. The molecule has 0 radical (unpaired) electrons. The molecule has 106 valence electrons. The van der Waals surface area contributed by atoms with Crippen molar-refractivity contribution in [3.8, 4) is 5.82 Å². The second kappa shape index (κ2) is 4.32. The number of rotatable bonds is 2. The lowest BCUT2D eigenvalue weighted by Crippen LogP contribution is -2.03. The molecule has 0 aliphatic heterocycles. The number of hydrogen-bond donors (Lipinski definition) is 0. The Kier molecular flexibility index (Phi) is 2.55. The summed E-state index contributed by atoms with van der Waals surface area (Å²) in [6.07, 6.45) is 4.81. The largest absolute Gasteiger partial charge is 0.390 e. The zero-order valence-corrected chi connectivity index (χ0v) is 12.1. The normalized spacial score (nSPS) is 13.8. The van der Waals surface area contributed by atoms with Gasteiger partial charge >= 0.3 is 5.82 Å². The van der Waals surface area contributed by atoms with Crippen LogP contribution in [0.5, 0.6) is 0 Å². The van der Waals surface area contributed by atoms with Crippen LogP contribution in [0, 0.1) is 17.0 Å². The van der Waals surface area contributed by atoms with E-state index in [4.69, 9.17) is 0 Å². The molecule has 3 aromatic rings. The predicted molar refractivity (Wildman–Crippen MR) is 78.0 cm³/mol. The number of nitro groups is 1. The summed E-state index contributed by atoms with van der Waals surface area (Å²) >= 11 is 1.70. The minimum Gasteiger partial charge on any atom is -0.358 e. The molecule has 0 atom stereocenters. The lowest BCUT2D eigenvalue weighted by molar-refractivity contribution is -0.389. The van der Waals surface area contributed by atoms with Crippen LogP contribution in [0.1, 0.15) is 22.7 Å². The third-order valence-electron chi connectivity index (χ3n) is 3.64. The van der Waals surface area contributed by atoms with Gasteiger partial charge in [0.05, 0.1) is 22.7 Å². The van der Waals surface area contributed by atoms with Gasteiger partial charge in [0, 0.05) is 4.88 Å². The van der Waals surface area contributed by atoms with Crippen LogP contribution in [0.4, 0.5) is 5.82 Å². The van der Waals surface area contributed by atoms with Gasteiger partial charge in [-0.2, -0.15) is 0 Å². The minimum atomic E-state index is -0.500. The summed E-state index contributed by atoms with van der Waals surface area (Å²) in [5.41, 5.74) is 1.28.